The maximum absolute atomic E-state index is 12.8. The quantitative estimate of drug-likeness (QED) is 0.271. The Kier molecular flexibility index (Phi) is 6.10. The van der Waals surface area contributed by atoms with Crippen LogP contribution in [0.1, 0.15) is 23.0 Å². The predicted molar refractivity (Wildman–Crippen MR) is 137 cm³/mol. The van der Waals surface area contributed by atoms with E-state index in [0.717, 1.165) is 27.4 Å². The summed E-state index contributed by atoms with van der Waals surface area (Å²) >= 11 is 0. The molecule has 0 spiro atoms. The lowest BCUT2D eigenvalue weighted by atomic mass is 10.1. The number of hydrogen-bond donors (Lipinski definition) is 0. The van der Waals surface area contributed by atoms with Gasteiger partial charge in [0, 0.05) is 28.4 Å². The topological polar surface area (TPSA) is 62.6 Å². The Hall–Kier alpha value is -4.32. The van der Waals surface area contributed by atoms with E-state index in [4.69, 9.17) is 19.2 Å². The molecular weight excluding hydrogens is 440 g/mol. The molecule has 5 rings (SSSR count). The molecule has 0 saturated heterocycles. The normalized spacial score (nSPS) is 11.1. The van der Waals surface area contributed by atoms with Crippen molar-refractivity contribution in [2.45, 2.75) is 13.5 Å². The second-order valence-electron chi connectivity index (χ2n) is 8.13. The van der Waals surface area contributed by atoms with Gasteiger partial charge in [0.15, 0.2) is 11.5 Å². The fourth-order valence-electron chi connectivity index (χ4n) is 4.50. The lowest BCUT2D eigenvalue weighted by Gasteiger charge is -2.14. The molecule has 35 heavy (non-hydrogen) atoms. The zero-order valence-corrected chi connectivity index (χ0v) is 19.9. The lowest BCUT2D eigenvalue weighted by molar-refractivity contribution is 0.0520. The molecule has 0 N–H and O–H groups in total. The average Bonchev–Trinajstić information content (AvgIpc) is 3.22. The van der Waals surface area contributed by atoms with Gasteiger partial charge >= 0.3 is 5.97 Å². The van der Waals surface area contributed by atoms with Gasteiger partial charge in [0.2, 0.25) is 0 Å². The molecule has 2 aromatic heterocycles. The van der Waals surface area contributed by atoms with Gasteiger partial charge in [-0.2, -0.15) is 0 Å². The van der Waals surface area contributed by atoms with E-state index in [-0.39, 0.29) is 12.3 Å². The van der Waals surface area contributed by atoms with Crippen LogP contribution in [0.3, 0.4) is 0 Å². The Bertz CT molecular complexity index is 1520. The number of benzene rings is 3. The average molecular weight is 467 g/mol. The van der Waals surface area contributed by atoms with Gasteiger partial charge < -0.3 is 18.8 Å². The van der Waals surface area contributed by atoms with Crippen LogP contribution in [0, 0.1) is 0 Å². The van der Waals surface area contributed by atoms with Crippen LogP contribution >= 0.6 is 0 Å². The van der Waals surface area contributed by atoms with E-state index in [0.29, 0.717) is 23.7 Å². The molecule has 176 valence electrons. The highest BCUT2D eigenvalue weighted by atomic mass is 16.5. The minimum absolute atomic E-state index is 0.270. The summed E-state index contributed by atoms with van der Waals surface area (Å²) in [5.41, 5.74) is 4.94. The van der Waals surface area contributed by atoms with Crippen molar-refractivity contribution in [3.8, 4) is 22.8 Å². The van der Waals surface area contributed by atoms with E-state index < -0.39 is 5.97 Å². The van der Waals surface area contributed by atoms with Gasteiger partial charge in [0.1, 0.15) is 5.69 Å². The molecule has 0 aliphatic carbocycles. The number of pyridine rings is 1. The molecule has 0 aliphatic rings. The molecule has 0 saturated carbocycles. The van der Waals surface area contributed by atoms with E-state index in [1.807, 2.05) is 54.6 Å². The fraction of sp³-hybridized carbons (Fsp3) is 0.172. The van der Waals surface area contributed by atoms with Crippen molar-refractivity contribution in [1.82, 2.24) is 9.55 Å². The first-order valence-corrected chi connectivity index (χ1v) is 11.5. The van der Waals surface area contributed by atoms with Gasteiger partial charge in [-0.15, -0.1) is 0 Å². The lowest BCUT2D eigenvalue weighted by Crippen LogP contribution is -2.09. The maximum atomic E-state index is 12.8. The highest BCUT2D eigenvalue weighted by Crippen LogP contribution is 2.39. The third kappa shape index (κ3) is 4.08. The predicted octanol–water partition coefficient (Wildman–Crippen LogP) is 6.10. The molecule has 2 heterocycles. The molecule has 3 aromatic carbocycles. The molecule has 0 fully saturated rings. The van der Waals surface area contributed by atoms with Crippen molar-refractivity contribution in [3.63, 3.8) is 0 Å². The standard InChI is InChI=1S/C29H26N2O4/c1-4-35-29(32)23-17-22-21-12-8-9-13-24(21)31(18-19-10-6-5-7-11-19)28(22)27(30-23)20-14-15-25(33-2)26(16-20)34-3/h5-17H,4,18H2,1-3H3. The van der Waals surface area contributed by atoms with Crippen LogP contribution in [-0.2, 0) is 11.3 Å². The van der Waals surface area contributed by atoms with Gasteiger partial charge in [0.25, 0.3) is 0 Å². The summed E-state index contributed by atoms with van der Waals surface area (Å²) in [6, 6.07) is 26.0. The monoisotopic (exact) mass is 466 g/mol. The van der Waals surface area contributed by atoms with Crippen LogP contribution in [0.25, 0.3) is 33.1 Å². The number of carbonyl (C=O) groups is 1. The minimum Gasteiger partial charge on any atom is -0.493 e. The number of methoxy groups -OCH3 is 2. The van der Waals surface area contributed by atoms with Crippen LogP contribution in [0.5, 0.6) is 11.5 Å². The maximum Gasteiger partial charge on any atom is 0.356 e. The largest absolute Gasteiger partial charge is 0.493 e. The van der Waals surface area contributed by atoms with Crippen LogP contribution in [0.15, 0.2) is 78.9 Å². The number of para-hydroxylation sites is 1. The smallest absolute Gasteiger partial charge is 0.356 e. The molecule has 0 bridgehead atoms. The number of rotatable bonds is 7. The van der Waals surface area contributed by atoms with Crippen molar-refractivity contribution in [2.75, 3.05) is 20.8 Å². The van der Waals surface area contributed by atoms with Crippen LogP contribution in [0.2, 0.25) is 0 Å². The Labute approximate surface area is 203 Å². The van der Waals surface area contributed by atoms with Crippen molar-refractivity contribution in [1.29, 1.82) is 0 Å². The Balaban J connectivity index is 1.85. The molecule has 0 radical (unpaired) electrons. The Morgan fingerprint density at radius 2 is 1.60 bits per heavy atom. The summed E-state index contributed by atoms with van der Waals surface area (Å²) in [5, 5.41) is 1.99. The van der Waals surface area contributed by atoms with Crippen LogP contribution < -0.4 is 9.47 Å². The summed E-state index contributed by atoms with van der Waals surface area (Å²) in [6.45, 7) is 2.73. The van der Waals surface area contributed by atoms with Gasteiger partial charge in [-0.05, 0) is 42.8 Å². The number of ether oxygens (including phenoxy) is 3. The molecule has 6 nitrogen and oxygen atoms in total. The Morgan fingerprint density at radius 1 is 0.857 bits per heavy atom. The molecule has 6 heteroatoms. The number of fused-ring (bicyclic) bond motifs is 3. The summed E-state index contributed by atoms with van der Waals surface area (Å²) in [5.74, 6) is 0.766. The van der Waals surface area contributed by atoms with E-state index in [1.165, 1.54) is 5.56 Å². The molecule has 5 aromatic rings. The van der Waals surface area contributed by atoms with E-state index in [2.05, 4.69) is 28.8 Å². The highest BCUT2D eigenvalue weighted by molar-refractivity contribution is 6.13. The molecule has 0 unspecified atom stereocenters. The van der Waals surface area contributed by atoms with E-state index >= 15 is 0 Å². The summed E-state index contributed by atoms with van der Waals surface area (Å²) in [4.78, 5) is 17.6. The van der Waals surface area contributed by atoms with Crippen molar-refractivity contribution < 1.29 is 19.0 Å². The highest BCUT2D eigenvalue weighted by Gasteiger charge is 2.22. The zero-order chi connectivity index (χ0) is 24.4. The van der Waals surface area contributed by atoms with Crippen LogP contribution in [0.4, 0.5) is 0 Å². The molecule has 0 atom stereocenters. The van der Waals surface area contributed by atoms with Crippen molar-refractivity contribution in [2.24, 2.45) is 0 Å². The third-order valence-corrected chi connectivity index (χ3v) is 6.07. The van der Waals surface area contributed by atoms with Gasteiger partial charge in [-0.1, -0.05) is 48.5 Å². The number of aromatic nitrogens is 2. The fourth-order valence-corrected chi connectivity index (χ4v) is 4.50. The second-order valence-corrected chi connectivity index (χ2v) is 8.13. The molecule has 0 aliphatic heterocycles. The number of nitrogens with zero attached hydrogens (tertiary/aromatic N) is 2. The first-order valence-electron chi connectivity index (χ1n) is 11.5. The number of carbonyl (C=O) groups excluding carboxylic acids is 1. The van der Waals surface area contributed by atoms with E-state index in [9.17, 15) is 4.79 Å². The SMILES string of the molecule is CCOC(=O)c1cc2c3ccccc3n(Cc3ccccc3)c2c(-c2ccc(OC)c(OC)c2)n1. The summed E-state index contributed by atoms with van der Waals surface area (Å²) in [7, 11) is 3.21. The zero-order valence-electron chi connectivity index (χ0n) is 19.9. The minimum atomic E-state index is -0.448. The van der Waals surface area contributed by atoms with Crippen molar-refractivity contribution in [3.05, 3.63) is 90.1 Å². The van der Waals surface area contributed by atoms with Crippen molar-refractivity contribution >= 4 is 27.8 Å². The Morgan fingerprint density at radius 3 is 2.34 bits per heavy atom. The third-order valence-electron chi connectivity index (χ3n) is 6.07. The van der Waals surface area contributed by atoms with Crippen LogP contribution in [-0.4, -0.2) is 36.3 Å². The first kappa shape index (κ1) is 22.5. The first-order chi connectivity index (χ1) is 17.1. The summed E-state index contributed by atoms with van der Waals surface area (Å²) in [6.07, 6.45) is 0. The number of esters is 1. The van der Waals surface area contributed by atoms with Gasteiger partial charge in [-0.25, -0.2) is 9.78 Å². The molecular formula is C29H26N2O4. The van der Waals surface area contributed by atoms with Gasteiger partial charge in [-0.3, -0.25) is 0 Å². The van der Waals surface area contributed by atoms with E-state index in [1.54, 1.807) is 21.1 Å². The molecule has 0 amide bonds. The second kappa shape index (κ2) is 9.50. The summed E-state index contributed by atoms with van der Waals surface area (Å²) < 4.78 is 18.6. The van der Waals surface area contributed by atoms with Gasteiger partial charge in [0.05, 0.1) is 32.0 Å². The number of hydrogen-bond acceptors (Lipinski definition) is 5.